The average Bonchev–Trinajstić information content (AvgIpc) is 2.80. The van der Waals surface area contributed by atoms with Gasteiger partial charge in [-0.2, -0.15) is 0 Å². The van der Waals surface area contributed by atoms with Gasteiger partial charge in [-0.15, -0.1) is 0 Å². The van der Waals surface area contributed by atoms with Crippen LogP contribution in [0.5, 0.6) is 0 Å². The van der Waals surface area contributed by atoms with Gasteiger partial charge >= 0.3 is 0 Å². The summed E-state index contributed by atoms with van der Waals surface area (Å²) in [6.07, 6.45) is 3.41. The number of rotatable bonds is 8. The predicted molar refractivity (Wildman–Crippen MR) is 125 cm³/mol. The van der Waals surface area contributed by atoms with Gasteiger partial charge in [0.25, 0.3) is 0 Å². The summed E-state index contributed by atoms with van der Waals surface area (Å²) in [7, 11) is 1.75. The van der Waals surface area contributed by atoms with Crippen molar-refractivity contribution in [3.63, 3.8) is 0 Å². The number of likely N-dealkylation sites (tertiary alicyclic amines) is 1. The highest BCUT2D eigenvalue weighted by molar-refractivity contribution is 6.41. The van der Waals surface area contributed by atoms with Gasteiger partial charge in [0.1, 0.15) is 0 Å². The summed E-state index contributed by atoms with van der Waals surface area (Å²) < 4.78 is 5.17. The maximum absolute atomic E-state index is 12.4. The van der Waals surface area contributed by atoms with Gasteiger partial charge in [0.2, 0.25) is 0 Å². The molecule has 0 spiro atoms. The number of aliphatic imine (C=N–C) groups is 1. The smallest absolute Gasteiger partial charge is 0.181 e. The summed E-state index contributed by atoms with van der Waals surface area (Å²) in [5, 5.41) is 3.61. The standard InChI is InChI=1S/C26H33N3O2/c1-3-23-25(30)18-21-17-20(9-10-24(21)28-23)26(19-7-5-4-6-8-19)29-14-11-22(12-15-29)27-13-16-31-2/h4-10,17,22,26-27H,3,11-16,18H2,1-2H3. The van der Waals surface area contributed by atoms with Gasteiger partial charge in [0.05, 0.1) is 24.0 Å². The van der Waals surface area contributed by atoms with E-state index in [1.807, 2.05) is 6.92 Å². The third-order valence-electron chi connectivity index (χ3n) is 6.43. The molecule has 0 bridgehead atoms. The number of benzene rings is 2. The molecular weight excluding hydrogens is 386 g/mol. The molecule has 0 aromatic heterocycles. The van der Waals surface area contributed by atoms with Crippen molar-refractivity contribution >= 4 is 17.2 Å². The van der Waals surface area contributed by atoms with Gasteiger partial charge < -0.3 is 10.1 Å². The number of nitrogens with zero attached hydrogens (tertiary/aromatic N) is 2. The number of hydrogen-bond donors (Lipinski definition) is 1. The van der Waals surface area contributed by atoms with E-state index in [0.29, 0.717) is 24.6 Å². The molecule has 2 aromatic rings. The van der Waals surface area contributed by atoms with E-state index in [4.69, 9.17) is 4.74 Å². The maximum Gasteiger partial charge on any atom is 0.181 e. The van der Waals surface area contributed by atoms with Crippen molar-refractivity contribution in [3.8, 4) is 0 Å². The van der Waals surface area contributed by atoms with Gasteiger partial charge in [0, 0.05) is 39.2 Å². The van der Waals surface area contributed by atoms with E-state index in [0.717, 1.165) is 50.3 Å². The van der Waals surface area contributed by atoms with Gasteiger partial charge in [0.15, 0.2) is 5.78 Å². The van der Waals surface area contributed by atoms with E-state index in [9.17, 15) is 4.79 Å². The van der Waals surface area contributed by atoms with Crippen LogP contribution in [0.1, 0.15) is 48.9 Å². The predicted octanol–water partition coefficient (Wildman–Crippen LogP) is 4.08. The summed E-state index contributed by atoms with van der Waals surface area (Å²) in [4.78, 5) is 19.6. The fourth-order valence-corrected chi connectivity index (χ4v) is 4.76. The minimum atomic E-state index is 0.159. The summed E-state index contributed by atoms with van der Waals surface area (Å²) >= 11 is 0. The zero-order chi connectivity index (χ0) is 21.6. The number of methoxy groups -OCH3 is 1. The number of carbonyl (C=O) groups is 1. The molecule has 1 fully saturated rings. The second-order valence-corrected chi connectivity index (χ2v) is 8.47. The fraction of sp³-hybridized carbons (Fsp3) is 0.462. The van der Waals surface area contributed by atoms with Crippen LogP contribution in [-0.4, -0.2) is 55.8 Å². The molecule has 1 N–H and O–H groups in total. The second-order valence-electron chi connectivity index (χ2n) is 8.47. The van der Waals surface area contributed by atoms with E-state index in [2.05, 4.69) is 63.7 Å². The van der Waals surface area contributed by atoms with Crippen molar-refractivity contribution in [2.24, 2.45) is 4.99 Å². The number of Topliss-reactive ketones (excluding diaryl/α,β-unsaturated/α-hetero) is 1. The molecule has 1 saturated heterocycles. The normalized spacial score (nSPS) is 18.5. The van der Waals surface area contributed by atoms with Crippen LogP contribution in [0, 0.1) is 0 Å². The van der Waals surface area contributed by atoms with Crippen molar-refractivity contribution in [2.45, 2.75) is 44.7 Å². The van der Waals surface area contributed by atoms with Crippen LogP contribution >= 0.6 is 0 Å². The first kappa shape index (κ1) is 21.9. The topological polar surface area (TPSA) is 53.9 Å². The molecule has 5 heteroatoms. The molecule has 2 aliphatic rings. The molecular formula is C26H33N3O2. The van der Waals surface area contributed by atoms with Crippen LogP contribution in [0.15, 0.2) is 53.5 Å². The number of hydrogen-bond acceptors (Lipinski definition) is 5. The van der Waals surface area contributed by atoms with Crippen LogP contribution in [0.3, 0.4) is 0 Å². The monoisotopic (exact) mass is 419 g/mol. The lowest BCUT2D eigenvalue weighted by atomic mass is 9.90. The molecule has 0 radical (unpaired) electrons. The summed E-state index contributed by atoms with van der Waals surface area (Å²) in [5.74, 6) is 0.159. The third-order valence-corrected chi connectivity index (χ3v) is 6.43. The van der Waals surface area contributed by atoms with Crippen LogP contribution in [0.4, 0.5) is 5.69 Å². The Labute approximate surface area is 185 Å². The van der Waals surface area contributed by atoms with Crippen LogP contribution < -0.4 is 5.32 Å². The van der Waals surface area contributed by atoms with Gasteiger partial charge in [-0.05, 0) is 42.0 Å². The zero-order valence-electron chi connectivity index (χ0n) is 18.6. The lowest BCUT2D eigenvalue weighted by Crippen LogP contribution is -2.44. The average molecular weight is 420 g/mol. The number of nitrogens with one attached hydrogen (secondary N) is 1. The van der Waals surface area contributed by atoms with Crippen LogP contribution in [0.25, 0.3) is 0 Å². The highest BCUT2D eigenvalue weighted by atomic mass is 16.5. The molecule has 2 heterocycles. The largest absolute Gasteiger partial charge is 0.383 e. The minimum Gasteiger partial charge on any atom is -0.383 e. The number of carbonyl (C=O) groups excluding carboxylic acids is 1. The Bertz CT molecular complexity index is 918. The maximum atomic E-state index is 12.4. The molecule has 0 amide bonds. The molecule has 1 atom stereocenters. The Balaban J connectivity index is 1.57. The van der Waals surface area contributed by atoms with Crippen molar-refractivity contribution in [1.82, 2.24) is 10.2 Å². The Hall–Kier alpha value is -2.34. The third kappa shape index (κ3) is 5.12. The molecule has 0 aliphatic carbocycles. The highest BCUT2D eigenvalue weighted by Gasteiger charge is 2.28. The second kappa shape index (κ2) is 10.3. The summed E-state index contributed by atoms with van der Waals surface area (Å²) in [6, 6.07) is 18.0. The van der Waals surface area contributed by atoms with Crippen LogP contribution in [0.2, 0.25) is 0 Å². The first-order chi connectivity index (χ1) is 15.2. The Morgan fingerprint density at radius 3 is 2.61 bits per heavy atom. The molecule has 2 aliphatic heterocycles. The minimum absolute atomic E-state index is 0.159. The molecule has 31 heavy (non-hydrogen) atoms. The van der Waals surface area contributed by atoms with Gasteiger partial charge in [-0.3, -0.25) is 9.69 Å². The number of piperidine rings is 1. The Morgan fingerprint density at radius 1 is 1.13 bits per heavy atom. The highest BCUT2D eigenvalue weighted by Crippen LogP contribution is 2.35. The molecule has 1 unspecified atom stereocenters. The van der Waals surface area contributed by atoms with Crippen molar-refractivity contribution in [2.75, 3.05) is 33.4 Å². The van der Waals surface area contributed by atoms with E-state index >= 15 is 0 Å². The van der Waals surface area contributed by atoms with Crippen LogP contribution in [-0.2, 0) is 16.0 Å². The van der Waals surface area contributed by atoms with Crippen molar-refractivity contribution < 1.29 is 9.53 Å². The molecule has 164 valence electrons. The number of fused-ring (bicyclic) bond motifs is 1. The van der Waals surface area contributed by atoms with Gasteiger partial charge in [-0.25, -0.2) is 4.99 Å². The summed E-state index contributed by atoms with van der Waals surface area (Å²) in [6.45, 7) is 5.73. The van der Waals surface area contributed by atoms with Crippen molar-refractivity contribution in [1.29, 1.82) is 0 Å². The van der Waals surface area contributed by atoms with Gasteiger partial charge in [-0.1, -0.05) is 49.4 Å². The molecule has 5 nitrogen and oxygen atoms in total. The molecule has 4 rings (SSSR count). The Kier molecular flexibility index (Phi) is 7.28. The first-order valence-electron chi connectivity index (χ1n) is 11.4. The number of ketones is 1. The SMILES string of the molecule is CCC1=Nc2ccc(C(c3ccccc3)N3CCC(NCCOC)CC3)cc2CC1=O. The number of ether oxygens (including phenoxy) is 1. The zero-order valence-corrected chi connectivity index (χ0v) is 18.6. The Morgan fingerprint density at radius 2 is 1.90 bits per heavy atom. The first-order valence-corrected chi connectivity index (χ1v) is 11.4. The lowest BCUT2D eigenvalue weighted by molar-refractivity contribution is -0.112. The fourth-order valence-electron chi connectivity index (χ4n) is 4.76. The van der Waals surface area contributed by atoms with Crippen molar-refractivity contribution in [3.05, 3.63) is 65.2 Å². The molecule has 0 saturated carbocycles. The summed E-state index contributed by atoms with van der Waals surface area (Å²) in [5.41, 5.74) is 5.25. The van der Waals surface area contributed by atoms with E-state index in [1.165, 1.54) is 11.1 Å². The quantitative estimate of drug-likeness (QED) is 0.655. The molecule has 2 aromatic carbocycles. The van der Waals surface area contributed by atoms with E-state index in [-0.39, 0.29) is 11.8 Å². The van der Waals surface area contributed by atoms with E-state index < -0.39 is 0 Å². The van der Waals surface area contributed by atoms with E-state index in [1.54, 1.807) is 7.11 Å². The lowest BCUT2D eigenvalue weighted by Gasteiger charge is -2.38.